The Kier molecular flexibility index (Phi) is 4.74. The Bertz CT molecular complexity index is 305. The van der Waals surface area contributed by atoms with E-state index < -0.39 is 0 Å². The molecule has 16 heavy (non-hydrogen) atoms. The third-order valence-corrected chi connectivity index (χ3v) is 2.96. The summed E-state index contributed by atoms with van der Waals surface area (Å²) < 4.78 is 0. The number of anilines is 1. The maximum Gasteiger partial charge on any atom is 0.128 e. The van der Waals surface area contributed by atoms with Crippen LogP contribution in [0.3, 0.4) is 0 Å². The Morgan fingerprint density at radius 2 is 2.00 bits per heavy atom. The normalized spacial score (nSPS) is 12.9. The van der Waals surface area contributed by atoms with Crippen molar-refractivity contribution in [1.29, 1.82) is 0 Å². The minimum atomic E-state index is 0.357. The lowest BCUT2D eigenvalue weighted by Crippen LogP contribution is -2.31. The summed E-state index contributed by atoms with van der Waals surface area (Å²) in [5.41, 5.74) is 1.23. The minimum Gasteiger partial charge on any atom is -0.354 e. The van der Waals surface area contributed by atoms with E-state index in [1.807, 2.05) is 13.2 Å². The number of nitrogens with one attached hydrogen (secondary N) is 1. The maximum atomic E-state index is 4.53. The van der Waals surface area contributed by atoms with Gasteiger partial charge in [0.15, 0.2) is 0 Å². The average molecular weight is 221 g/mol. The zero-order valence-electron chi connectivity index (χ0n) is 11.0. The second-order valence-corrected chi connectivity index (χ2v) is 4.34. The van der Waals surface area contributed by atoms with Crippen molar-refractivity contribution >= 4 is 5.82 Å². The van der Waals surface area contributed by atoms with Crippen LogP contribution in [-0.4, -0.2) is 24.6 Å². The van der Waals surface area contributed by atoms with Gasteiger partial charge in [-0.25, -0.2) is 4.98 Å². The van der Waals surface area contributed by atoms with Gasteiger partial charge in [-0.05, 0) is 46.4 Å². The van der Waals surface area contributed by atoms with Crippen molar-refractivity contribution in [3.8, 4) is 0 Å². The van der Waals surface area contributed by atoms with E-state index >= 15 is 0 Å². The van der Waals surface area contributed by atoms with Gasteiger partial charge in [0.2, 0.25) is 0 Å². The van der Waals surface area contributed by atoms with Crippen LogP contribution in [-0.2, 0) is 0 Å². The van der Waals surface area contributed by atoms with E-state index in [0.29, 0.717) is 12.1 Å². The van der Waals surface area contributed by atoms with Crippen LogP contribution in [0.5, 0.6) is 0 Å². The van der Waals surface area contributed by atoms with Crippen molar-refractivity contribution < 1.29 is 0 Å². The molecule has 1 heterocycles. The highest BCUT2D eigenvalue weighted by Crippen LogP contribution is 2.17. The van der Waals surface area contributed by atoms with Gasteiger partial charge < -0.3 is 10.2 Å². The van der Waals surface area contributed by atoms with Crippen molar-refractivity contribution in [2.75, 3.05) is 18.5 Å². The van der Waals surface area contributed by atoms with Gasteiger partial charge in [-0.2, -0.15) is 0 Å². The van der Waals surface area contributed by atoms with E-state index in [0.717, 1.165) is 12.4 Å². The Labute approximate surface area is 98.9 Å². The first-order chi connectivity index (χ1) is 7.60. The van der Waals surface area contributed by atoms with Gasteiger partial charge in [-0.1, -0.05) is 6.07 Å². The monoisotopic (exact) mass is 221 g/mol. The van der Waals surface area contributed by atoms with Gasteiger partial charge in [-0.3, -0.25) is 0 Å². The molecule has 0 aliphatic rings. The molecule has 3 heteroatoms. The van der Waals surface area contributed by atoms with Crippen LogP contribution < -0.4 is 10.2 Å². The van der Waals surface area contributed by atoms with Crippen molar-refractivity contribution in [3.05, 3.63) is 23.9 Å². The van der Waals surface area contributed by atoms with Crippen LogP contribution in [0.4, 0.5) is 5.82 Å². The topological polar surface area (TPSA) is 28.2 Å². The number of nitrogens with zero attached hydrogens (tertiary/aromatic N) is 2. The highest BCUT2D eigenvalue weighted by Gasteiger charge is 2.10. The van der Waals surface area contributed by atoms with Crippen LogP contribution in [0.1, 0.15) is 39.3 Å². The van der Waals surface area contributed by atoms with E-state index in [1.165, 1.54) is 5.56 Å². The van der Waals surface area contributed by atoms with Gasteiger partial charge in [0.1, 0.15) is 5.82 Å². The van der Waals surface area contributed by atoms with Crippen molar-refractivity contribution in [2.24, 2.45) is 0 Å². The molecule has 0 fully saturated rings. The van der Waals surface area contributed by atoms with Crippen molar-refractivity contribution in [1.82, 2.24) is 10.3 Å². The first-order valence-corrected chi connectivity index (χ1v) is 6.00. The number of pyridine rings is 1. The van der Waals surface area contributed by atoms with Crippen molar-refractivity contribution in [3.63, 3.8) is 0 Å². The Morgan fingerprint density at radius 3 is 2.38 bits per heavy atom. The zero-order chi connectivity index (χ0) is 12.1. The molecule has 1 unspecified atom stereocenters. The fraction of sp³-hybridized carbons (Fsp3) is 0.615. The molecule has 1 N–H and O–H groups in total. The van der Waals surface area contributed by atoms with Crippen LogP contribution in [0.25, 0.3) is 0 Å². The standard InChI is InChI=1S/C13H23N3/c1-6-16(10(2)3)13-8-7-12(9-15-13)11(4)14-5/h7-11,14H,6H2,1-5H3. The maximum absolute atomic E-state index is 4.53. The van der Waals surface area contributed by atoms with E-state index in [4.69, 9.17) is 0 Å². The average Bonchev–Trinajstić information content (AvgIpc) is 2.29. The molecule has 1 aromatic rings. The molecule has 0 aliphatic carbocycles. The summed E-state index contributed by atoms with van der Waals surface area (Å²) in [7, 11) is 1.96. The zero-order valence-corrected chi connectivity index (χ0v) is 11.0. The number of rotatable bonds is 5. The molecule has 0 saturated heterocycles. The van der Waals surface area contributed by atoms with Crippen LogP contribution in [0, 0.1) is 0 Å². The summed E-state index contributed by atoms with van der Waals surface area (Å²) in [4.78, 5) is 6.81. The number of aromatic nitrogens is 1. The second kappa shape index (κ2) is 5.85. The molecule has 0 saturated carbocycles. The first-order valence-electron chi connectivity index (χ1n) is 6.00. The van der Waals surface area contributed by atoms with E-state index in [-0.39, 0.29) is 0 Å². The molecular weight excluding hydrogens is 198 g/mol. The van der Waals surface area contributed by atoms with Gasteiger partial charge in [0, 0.05) is 24.8 Å². The lowest BCUT2D eigenvalue weighted by atomic mass is 10.1. The smallest absolute Gasteiger partial charge is 0.128 e. The summed E-state index contributed by atoms with van der Waals surface area (Å²) in [5.74, 6) is 1.06. The Hall–Kier alpha value is -1.09. The quantitative estimate of drug-likeness (QED) is 0.828. The number of hydrogen-bond donors (Lipinski definition) is 1. The molecule has 1 rings (SSSR count). The molecule has 1 atom stereocenters. The minimum absolute atomic E-state index is 0.357. The number of hydrogen-bond acceptors (Lipinski definition) is 3. The lowest BCUT2D eigenvalue weighted by Gasteiger charge is -2.26. The molecule has 0 aliphatic heterocycles. The third-order valence-electron chi connectivity index (χ3n) is 2.96. The summed E-state index contributed by atoms with van der Waals surface area (Å²) in [6, 6.07) is 5.10. The van der Waals surface area contributed by atoms with E-state index in [2.05, 4.69) is 55.0 Å². The fourth-order valence-corrected chi connectivity index (χ4v) is 1.78. The molecule has 1 aromatic heterocycles. The second-order valence-electron chi connectivity index (χ2n) is 4.34. The fourth-order valence-electron chi connectivity index (χ4n) is 1.78. The molecule has 0 radical (unpaired) electrons. The van der Waals surface area contributed by atoms with Gasteiger partial charge in [0.05, 0.1) is 0 Å². The van der Waals surface area contributed by atoms with Crippen LogP contribution >= 0.6 is 0 Å². The van der Waals surface area contributed by atoms with Gasteiger partial charge >= 0.3 is 0 Å². The van der Waals surface area contributed by atoms with Crippen LogP contribution in [0.15, 0.2) is 18.3 Å². The molecule has 0 spiro atoms. The molecule has 90 valence electrons. The molecule has 0 bridgehead atoms. The summed E-state index contributed by atoms with van der Waals surface area (Å²) in [6.07, 6.45) is 1.96. The lowest BCUT2D eigenvalue weighted by molar-refractivity contribution is 0.647. The molecule has 0 amide bonds. The Balaban J connectivity index is 2.85. The summed E-state index contributed by atoms with van der Waals surface area (Å²) in [6.45, 7) is 9.67. The largest absolute Gasteiger partial charge is 0.354 e. The SMILES string of the molecule is CCN(c1ccc(C(C)NC)cn1)C(C)C. The highest BCUT2D eigenvalue weighted by atomic mass is 15.2. The third kappa shape index (κ3) is 2.95. The summed E-state index contributed by atoms with van der Waals surface area (Å²) >= 11 is 0. The van der Waals surface area contributed by atoms with E-state index in [1.54, 1.807) is 0 Å². The van der Waals surface area contributed by atoms with Crippen molar-refractivity contribution in [2.45, 2.75) is 39.8 Å². The predicted molar refractivity (Wildman–Crippen MR) is 69.9 cm³/mol. The first kappa shape index (κ1) is 13.0. The van der Waals surface area contributed by atoms with Gasteiger partial charge in [-0.15, -0.1) is 0 Å². The molecule has 0 aromatic carbocycles. The van der Waals surface area contributed by atoms with Gasteiger partial charge in [0.25, 0.3) is 0 Å². The molecular formula is C13H23N3. The highest BCUT2D eigenvalue weighted by molar-refractivity contribution is 5.40. The Morgan fingerprint density at radius 1 is 1.31 bits per heavy atom. The predicted octanol–water partition coefficient (Wildman–Crippen LogP) is 2.60. The van der Waals surface area contributed by atoms with E-state index in [9.17, 15) is 0 Å². The summed E-state index contributed by atoms with van der Waals surface area (Å²) in [5, 5.41) is 3.21. The molecule has 3 nitrogen and oxygen atoms in total. The van der Waals surface area contributed by atoms with Crippen LogP contribution in [0.2, 0.25) is 0 Å².